The zero-order chi connectivity index (χ0) is 13.0. The lowest BCUT2D eigenvalue weighted by Crippen LogP contribution is -2.39. The van der Waals surface area contributed by atoms with Gasteiger partial charge in [0.05, 0.1) is 23.2 Å². The maximum atomic E-state index is 11.6. The van der Waals surface area contributed by atoms with E-state index in [1.54, 1.807) is 0 Å². The van der Waals surface area contributed by atoms with Gasteiger partial charge in [0.25, 0.3) is 0 Å². The molecule has 0 aliphatic heterocycles. The number of rotatable bonds is 2. The van der Waals surface area contributed by atoms with Gasteiger partial charge < -0.3 is 15.8 Å². The number of nitrogens with zero attached hydrogens (tertiary/aromatic N) is 1. The lowest BCUT2D eigenvalue weighted by molar-refractivity contribution is 0.237. The van der Waals surface area contributed by atoms with Gasteiger partial charge in [-0.15, -0.1) is 17.8 Å². The van der Waals surface area contributed by atoms with E-state index in [0.717, 1.165) is 10.4 Å². The van der Waals surface area contributed by atoms with Crippen molar-refractivity contribution in [3.05, 3.63) is 21.9 Å². The first kappa shape index (κ1) is 12.5. The minimum atomic E-state index is -0.278. The number of oxime groups is 1. The molecule has 1 aliphatic carbocycles. The van der Waals surface area contributed by atoms with Crippen molar-refractivity contribution in [2.24, 2.45) is 5.16 Å². The first-order valence-electron chi connectivity index (χ1n) is 5.52. The second-order valence-corrected chi connectivity index (χ2v) is 4.79. The molecule has 2 rings (SSSR count). The number of nitrogens with one attached hydrogen (secondary N) is 2. The lowest BCUT2D eigenvalue weighted by Gasteiger charge is -2.24. The molecule has 0 saturated heterocycles. The van der Waals surface area contributed by atoms with Crippen molar-refractivity contribution in [1.29, 1.82) is 0 Å². The number of thiophene rings is 1. The molecule has 5 nitrogen and oxygen atoms in total. The van der Waals surface area contributed by atoms with Crippen molar-refractivity contribution in [2.45, 2.75) is 18.9 Å². The number of urea groups is 1. The molecule has 1 atom stereocenters. The third kappa shape index (κ3) is 2.46. The molecule has 1 unspecified atom stereocenters. The Labute approximate surface area is 109 Å². The minimum absolute atomic E-state index is 0.0606. The molecular weight excluding hydrogens is 250 g/mol. The fourth-order valence-corrected chi connectivity index (χ4v) is 2.94. The zero-order valence-electron chi connectivity index (χ0n) is 9.64. The lowest BCUT2D eigenvalue weighted by atomic mass is 9.93. The molecule has 1 aliphatic rings. The van der Waals surface area contributed by atoms with Gasteiger partial charge in [-0.2, -0.15) is 0 Å². The summed E-state index contributed by atoms with van der Waals surface area (Å²) >= 11 is 1.51. The number of carbonyl (C=O) groups excluding carboxylic acids is 1. The molecule has 0 bridgehead atoms. The molecule has 1 heterocycles. The molecule has 0 saturated carbocycles. The fraction of sp³-hybridized carbons (Fsp3) is 0.333. The van der Waals surface area contributed by atoms with E-state index in [2.05, 4.69) is 21.7 Å². The van der Waals surface area contributed by atoms with E-state index in [-0.39, 0.29) is 18.6 Å². The Morgan fingerprint density at radius 2 is 2.56 bits per heavy atom. The predicted molar refractivity (Wildman–Crippen MR) is 70.0 cm³/mol. The van der Waals surface area contributed by atoms with Crippen molar-refractivity contribution >= 4 is 23.1 Å². The molecule has 1 aromatic rings. The Morgan fingerprint density at radius 3 is 3.28 bits per heavy atom. The van der Waals surface area contributed by atoms with Crippen LogP contribution in [0.3, 0.4) is 0 Å². The second kappa shape index (κ2) is 5.56. The van der Waals surface area contributed by atoms with Crippen LogP contribution < -0.4 is 10.6 Å². The Hall–Kier alpha value is -2.00. The summed E-state index contributed by atoms with van der Waals surface area (Å²) in [4.78, 5) is 12.5. The van der Waals surface area contributed by atoms with Crippen LogP contribution >= 0.6 is 11.3 Å². The zero-order valence-corrected chi connectivity index (χ0v) is 10.5. The maximum absolute atomic E-state index is 11.6. The van der Waals surface area contributed by atoms with E-state index in [1.807, 2.05) is 11.4 Å². The van der Waals surface area contributed by atoms with Gasteiger partial charge in [-0.25, -0.2) is 4.79 Å². The minimum Gasteiger partial charge on any atom is -0.411 e. The van der Waals surface area contributed by atoms with Crippen LogP contribution in [-0.4, -0.2) is 23.5 Å². The van der Waals surface area contributed by atoms with Gasteiger partial charge in [0.2, 0.25) is 0 Å². The SMILES string of the molecule is C#CCNC(=O)NC1CCC(=NO)c2sccc21. The first-order chi connectivity index (χ1) is 8.76. The molecule has 18 heavy (non-hydrogen) atoms. The van der Waals surface area contributed by atoms with Gasteiger partial charge in [0.1, 0.15) is 0 Å². The van der Waals surface area contributed by atoms with Gasteiger partial charge in [-0.05, 0) is 29.9 Å². The van der Waals surface area contributed by atoms with Gasteiger partial charge in [0.15, 0.2) is 0 Å². The summed E-state index contributed by atoms with van der Waals surface area (Å²) in [5.41, 5.74) is 1.68. The smallest absolute Gasteiger partial charge is 0.316 e. The van der Waals surface area contributed by atoms with Gasteiger partial charge >= 0.3 is 6.03 Å². The van der Waals surface area contributed by atoms with E-state index in [4.69, 9.17) is 11.6 Å². The largest absolute Gasteiger partial charge is 0.411 e. The summed E-state index contributed by atoms with van der Waals surface area (Å²) < 4.78 is 0. The molecule has 0 radical (unpaired) electrons. The Morgan fingerprint density at radius 1 is 1.72 bits per heavy atom. The van der Waals surface area contributed by atoms with Crippen LogP contribution in [0.2, 0.25) is 0 Å². The topological polar surface area (TPSA) is 73.7 Å². The Bertz CT molecular complexity index is 516. The molecule has 6 heteroatoms. The number of terminal acetylenes is 1. The van der Waals surface area contributed by atoms with Crippen molar-refractivity contribution in [3.63, 3.8) is 0 Å². The second-order valence-electron chi connectivity index (χ2n) is 3.87. The molecule has 2 amide bonds. The van der Waals surface area contributed by atoms with Crippen LogP contribution in [0.4, 0.5) is 4.79 Å². The summed E-state index contributed by atoms with van der Waals surface area (Å²) in [6.45, 7) is 0.207. The summed E-state index contributed by atoms with van der Waals surface area (Å²) in [5.74, 6) is 2.34. The highest BCUT2D eigenvalue weighted by atomic mass is 32.1. The maximum Gasteiger partial charge on any atom is 0.316 e. The number of amides is 2. The number of hydrogen-bond acceptors (Lipinski definition) is 4. The third-order valence-electron chi connectivity index (χ3n) is 2.78. The molecule has 1 aromatic heterocycles. The number of fused-ring (bicyclic) bond motifs is 1. The van der Waals surface area contributed by atoms with Crippen LogP contribution in [0.25, 0.3) is 0 Å². The molecule has 0 spiro atoms. The van der Waals surface area contributed by atoms with Crippen molar-refractivity contribution < 1.29 is 10.0 Å². The average Bonchev–Trinajstić information content (AvgIpc) is 2.86. The van der Waals surface area contributed by atoms with E-state index in [9.17, 15) is 4.79 Å². The standard InChI is InChI=1S/C12H13N3O2S/c1-2-6-13-12(16)14-9-3-4-10(15-17)11-8(9)5-7-18-11/h1,5,7,9,17H,3-4,6H2,(H2,13,14,16). The quantitative estimate of drug-likeness (QED) is 0.431. The number of carbonyl (C=O) groups is 1. The van der Waals surface area contributed by atoms with E-state index < -0.39 is 0 Å². The normalized spacial score (nSPS) is 19.9. The van der Waals surface area contributed by atoms with Crippen LogP contribution in [0.5, 0.6) is 0 Å². The van der Waals surface area contributed by atoms with Crippen LogP contribution in [0.1, 0.15) is 29.3 Å². The summed E-state index contributed by atoms with van der Waals surface area (Å²) in [6.07, 6.45) is 6.43. The highest BCUT2D eigenvalue weighted by Gasteiger charge is 2.26. The molecule has 0 fully saturated rings. The van der Waals surface area contributed by atoms with E-state index in [1.165, 1.54) is 11.3 Å². The molecule has 94 valence electrons. The van der Waals surface area contributed by atoms with Crippen LogP contribution in [0, 0.1) is 12.3 Å². The molecule has 3 N–H and O–H groups in total. The van der Waals surface area contributed by atoms with Gasteiger partial charge in [-0.3, -0.25) is 0 Å². The van der Waals surface area contributed by atoms with Crippen LogP contribution in [0.15, 0.2) is 16.6 Å². The summed E-state index contributed by atoms with van der Waals surface area (Å²) in [6, 6.07) is 1.60. The Kier molecular flexibility index (Phi) is 3.85. The highest BCUT2D eigenvalue weighted by Crippen LogP contribution is 2.33. The van der Waals surface area contributed by atoms with Gasteiger partial charge in [0, 0.05) is 0 Å². The van der Waals surface area contributed by atoms with Crippen molar-refractivity contribution in [3.8, 4) is 12.3 Å². The highest BCUT2D eigenvalue weighted by molar-refractivity contribution is 7.12. The van der Waals surface area contributed by atoms with E-state index >= 15 is 0 Å². The monoisotopic (exact) mass is 263 g/mol. The summed E-state index contributed by atoms with van der Waals surface area (Å²) in [5, 5.41) is 19.6. The molecular formula is C12H13N3O2S. The molecule has 0 aromatic carbocycles. The fourth-order valence-electron chi connectivity index (χ4n) is 1.96. The summed E-state index contributed by atoms with van der Waals surface area (Å²) in [7, 11) is 0. The van der Waals surface area contributed by atoms with Crippen molar-refractivity contribution in [1.82, 2.24) is 10.6 Å². The number of hydrogen-bond donors (Lipinski definition) is 3. The van der Waals surface area contributed by atoms with E-state index in [0.29, 0.717) is 18.6 Å². The van der Waals surface area contributed by atoms with Crippen LogP contribution in [-0.2, 0) is 0 Å². The predicted octanol–water partition coefficient (Wildman–Crippen LogP) is 1.69. The average molecular weight is 263 g/mol. The first-order valence-corrected chi connectivity index (χ1v) is 6.40. The third-order valence-corrected chi connectivity index (χ3v) is 3.76. The Balaban J connectivity index is 2.09. The van der Waals surface area contributed by atoms with Crippen molar-refractivity contribution in [2.75, 3.05) is 6.54 Å². The van der Waals surface area contributed by atoms with Gasteiger partial charge in [-0.1, -0.05) is 11.1 Å².